The number of nitrogens with zero attached hydrogens (tertiary/aromatic N) is 2. The number of esters is 1. The van der Waals surface area contributed by atoms with E-state index in [0.717, 1.165) is 71.2 Å². The molecular formula is C17H26N2O4. The van der Waals surface area contributed by atoms with Crippen LogP contribution in [0.25, 0.3) is 0 Å². The Bertz CT molecular complexity index is 477. The molecule has 1 amide bonds. The Morgan fingerprint density at radius 3 is 2.52 bits per heavy atom. The van der Waals surface area contributed by atoms with Crippen LogP contribution in [0.1, 0.15) is 38.5 Å². The summed E-state index contributed by atoms with van der Waals surface area (Å²) in [6.45, 7) is 4.76. The second-order valence-corrected chi connectivity index (χ2v) is 7.49. The van der Waals surface area contributed by atoms with Crippen LogP contribution in [-0.2, 0) is 19.1 Å². The highest BCUT2D eigenvalue weighted by Gasteiger charge is 2.53. The van der Waals surface area contributed by atoms with Gasteiger partial charge in [-0.1, -0.05) is 6.42 Å². The molecular weight excluding hydrogens is 296 g/mol. The molecule has 2 atom stereocenters. The molecule has 0 aromatic carbocycles. The predicted molar refractivity (Wildman–Crippen MR) is 82.8 cm³/mol. The van der Waals surface area contributed by atoms with Gasteiger partial charge in [-0.25, -0.2) is 0 Å². The van der Waals surface area contributed by atoms with Crippen molar-refractivity contribution in [3.63, 3.8) is 0 Å². The maximum Gasteiger partial charge on any atom is 0.312 e. The lowest BCUT2D eigenvalue weighted by Gasteiger charge is -2.37. The number of ether oxygens (including phenoxy) is 2. The fourth-order valence-electron chi connectivity index (χ4n) is 4.37. The van der Waals surface area contributed by atoms with E-state index in [-0.39, 0.29) is 29.5 Å². The largest absolute Gasteiger partial charge is 0.461 e. The molecule has 0 N–H and O–H groups in total. The summed E-state index contributed by atoms with van der Waals surface area (Å²) in [7, 11) is 0. The molecule has 0 radical (unpaired) electrons. The zero-order valence-corrected chi connectivity index (χ0v) is 13.7. The Morgan fingerprint density at radius 1 is 1.17 bits per heavy atom. The lowest BCUT2D eigenvalue weighted by Crippen LogP contribution is -2.52. The van der Waals surface area contributed by atoms with Gasteiger partial charge >= 0.3 is 5.97 Å². The lowest BCUT2D eigenvalue weighted by atomic mass is 9.67. The minimum atomic E-state index is -0.212. The maximum absolute atomic E-state index is 12.3. The molecule has 0 bridgehead atoms. The van der Waals surface area contributed by atoms with Gasteiger partial charge in [0, 0.05) is 45.8 Å². The first-order valence-corrected chi connectivity index (χ1v) is 9.00. The molecule has 1 spiro atoms. The van der Waals surface area contributed by atoms with Crippen LogP contribution >= 0.6 is 0 Å². The standard InChI is InChI=1S/C17H26N2O4/c20-15(14-3-1-10-22-14)19-8-6-18(7-9-19)12-13-11-17(4-2-5-17)16(21)23-13/h13-14H,1-12H2. The van der Waals surface area contributed by atoms with Crippen LogP contribution in [0.5, 0.6) is 0 Å². The second-order valence-electron chi connectivity index (χ2n) is 7.49. The second kappa shape index (κ2) is 6.06. The first kappa shape index (κ1) is 15.4. The normalized spacial score (nSPS) is 33.7. The van der Waals surface area contributed by atoms with Crippen molar-refractivity contribution in [1.29, 1.82) is 0 Å². The van der Waals surface area contributed by atoms with Crippen molar-refractivity contribution in [1.82, 2.24) is 9.80 Å². The summed E-state index contributed by atoms with van der Waals surface area (Å²) in [6.07, 6.45) is 5.74. The minimum absolute atomic E-state index is 0.0287. The summed E-state index contributed by atoms with van der Waals surface area (Å²) in [6, 6.07) is 0. The van der Waals surface area contributed by atoms with Crippen LogP contribution in [0, 0.1) is 5.41 Å². The summed E-state index contributed by atoms with van der Waals surface area (Å²) in [5.41, 5.74) is -0.137. The van der Waals surface area contributed by atoms with Gasteiger partial charge in [0.05, 0.1) is 5.41 Å². The molecule has 23 heavy (non-hydrogen) atoms. The van der Waals surface area contributed by atoms with E-state index in [1.807, 2.05) is 4.90 Å². The highest BCUT2D eigenvalue weighted by Crippen LogP contribution is 2.50. The van der Waals surface area contributed by atoms with Crippen LogP contribution < -0.4 is 0 Å². The molecule has 3 heterocycles. The monoisotopic (exact) mass is 322 g/mol. The number of piperazine rings is 1. The van der Waals surface area contributed by atoms with E-state index in [1.54, 1.807) is 0 Å². The molecule has 1 aliphatic carbocycles. The fraction of sp³-hybridized carbons (Fsp3) is 0.882. The first-order valence-electron chi connectivity index (χ1n) is 9.00. The molecule has 0 aromatic rings. The molecule has 3 aliphatic heterocycles. The fourth-order valence-corrected chi connectivity index (χ4v) is 4.37. The zero-order chi connectivity index (χ0) is 15.9. The van der Waals surface area contributed by atoms with Gasteiger partial charge in [0.15, 0.2) is 0 Å². The van der Waals surface area contributed by atoms with Gasteiger partial charge in [0.1, 0.15) is 12.2 Å². The third kappa shape index (κ3) is 2.87. The Hall–Kier alpha value is -1.14. The number of hydrogen-bond donors (Lipinski definition) is 0. The number of carbonyl (C=O) groups excluding carboxylic acids is 2. The van der Waals surface area contributed by atoms with Crippen LogP contribution in [0.15, 0.2) is 0 Å². The zero-order valence-electron chi connectivity index (χ0n) is 13.7. The van der Waals surface area contributed by atoms with Gasteiger partial charge in [-0.05, 0) is 25.7 Å². The summed E-state index contributed by atoms with van der Waals surface area (Å²) >= 11 is 0. The molecule has 4 rings (SSSR count). The van der Waals surface area contributed by atoms with Crippen LogP contribution in [-0.4, -0.2) is 73.2 Å². The molecule has 6 nitrogen and oxygen atoms in total. The van der Waals surface area contributed by atoms with E-state index in [9.17, 15) is 9.59 Å². The lowest BCUT2D eigenvalue weighted by molar-refractivity contribution is -0.152. The molecule has 4 fully saturated rings. The highest BCUT2D eigenvalue weighted by molar-refractivity contribution is 5.81. The van der Waals surface area contributed by atoms with Crippen molar-refractivity contribution >= 4 is 11.9 Å². The van der Waals surface area contributed by atoms with Crippen molar-refractivity contribution in [3.8, 4) is 0 Å². The predicted octanol–water partition coefficient (Wildman–Crippen LogP) is 0.795. The molecule has 2 unspecified atom stereocenters. The summed E-state index contributed by atoms with van der Waals surface area (Å²) < 4.78 is 11.1. The topological polar surface area (TPSA) is 59.1 Å². The average molecular weight is 322 g/mol. The number of rotatable bonds is 3. The van der Waals surface area contributed by atoms with Gasteiger partial charge in [-0.2, -0.15) is 0 Å². The molecule has 0 aromatic heterocycles. The molecule has 6 heteroatoms. The highest BCUT2D eigenvalue weighted by atomic mass is 16.6. The van der Waals surface area contributed by atoms with Crippen molar-refractivity contribution in [3.05, 3.63) is 0 Å². The molecule has 3 saturated heterocycles. The maximum atomic E-state index is 12.3. The molecule has 4 aliphatic rings. The number of carbonyl (C=O) groups is 2. The van der Waals surface area contributed by atoms with Crippen LogP contribution in [0.4, 0.5) is 0 Å². The van der Waals surface area contributed by atoms with Gasteiger partial charge in [-0.15, -0.1) is 0 Å². The third-order valence-corrected chi connectivity index (χ3v) is 5.99. The van der Waals surface area contributed by atoms with E-state index in [2.05, 4.69) is 4.90 Å². The summed E-state index contributed by atoms with van der Waals surface area (Å²) in [5.74, 6) is 0.184. The Balaban J connectivity index is 1.24. The third-order valence-electron chi connectivity index (χ3n) is 5.99. The average Bonchev–Trinajstić information content (AvgIpc) is 3.14. The molecule has 1 saturated carbocycles. The van der Waals surface area contributed by atoms with Crippen molar-refractivity contribution in [2.75, 3.05) is 39.3 Å². The summed E-state index contributed by atoms with van der Waals surface area (Å²) in [5, 5.41) is 0. The Labute approximate surface area is 137 Å². The van der Waals surface area contributed by atoms with Crippen LogP contribution in [0.2, 0.25) is 0 Å². The van der Waals surface area contributed by atoms with E-state index in [0.29, 0.717) is 6.61 Å². The first-order chi connectivity index (χ1) is 11.2. The Kier molecular flexibility index (Phi) is 4.05. The molecule has 128 valence electrons. The van der Waals surface area contributed by atoms with Gasteiger partial charge in [-0.3, -0.25) is 14.5 Å². The van der Waals surface area contributed by atoms with Crippen molar-refractivity contribution in [2.45, 2.75) is 50.7 Å². The number of cyclic esters (lactones) is 1. The summed E-state index contributed by atoms with van der Waals surface area (Å²) in [4.78, 5) is 28.6. The van der Waals surface area contributed by atoms with E-state index in [4.69, 9.17) is 9.47 Å². The van der Waals surface area contributed by atoms with Gasteiger partial charge in [0.2, 0.25) is 0 Å². The van der Waals surface area contributed by atoms with E-state index in [1.165, 1.54) is 0 Å². The number of amides is 1. The van der Waals surface area contributed by atoms with Gasteiger partial charge in [0.25, 0.3) is 5.91 Å². The quantitative estimate of drug-likeness (QED) is 0.719. The van der Waals surface area contributed by atoms with Gasteiger partial charge < -0.3 is 14.4 Å². The van der Waals surface area contributed by atoms with Crippen molar-refractivity contribution in [2.24, 2.45) is 5.41 Å². The smallest absolute Gasteiger partial charge is 0.312 e. The van der Waals surface area contributed by atoms with Crippen molar-refractivity contribution < 1.29 is 19.1 Å². The van der Waals surface area contributed by atoms with E-state index >= 15 is 0 Å². The van der Waals surface area contributed by atoms with E-state index < -0.39 is 0 Å². The Morgan fingerprint density at radius 2 is 1.96 bits per heavy atom. The SMILES string of the molecule is O=C(C1CCCO1)N1CCN(CC2CC3(CCC3)C(=O)O2)CC1. The number of hydrogen-bond acceptors (Lipinski definition) is 5. The van der Waals surface area contributed by atoms with Crippen LogP contribution in [0.3, 0.4) is 0 Å². The minimum Gasteiger partial charge on any atom is -0.461 e.